The Kier molecular flexibility index (Phi) is 6.93. The van der Waals surface area contributed by atoms with Crippen LogP contribution in [0.1, 0.15) is 39.5 Å². The van der Waals surface area contributed by atoms with Gasteiger partial charge in [0.25, 0.3) is 0 Å². The minimum Gasteiger partial charge on any atom is -0.405 e. The van der Waals surface area contributed by atoms with Crippen LogP contribution in [-0.2, 0) is 18.6 Å². The Bertz CT molecular complexity index is 743. The summed E-state index contributed by atoms with van der Waals surface area (Å²) in [5.74, 6) is 0. The highest BCUT2D eigenvalue weighted by molar-refractivity contribution is 9.11. The highest BCUT2D eigenvalue weighted by Crippen LogP contribution is 2.42. The fourth-order valence-corrected chi connectivity index (χ4v) is 5.29. The highest BCUT2D eigenvalue weighted by atomic mass is 79.9. The Morgan fingerprint density at radius 2 is 1.86 bits per heavy atom. The zero-order valence-electron chi connectivity index (χ0n) is 18.2. The quantitative estimate of drug-likeness (QED) is 0.384. The van der Waals surface area contributed by atoms with E-state index in [1.165, 1.54) is 0 Å². The molecule has 1 aromatic rings. The summed E-state index contributed by atoms with van der Waals surface area (Å²) in [6, 6.07) is 10.0. The number of hydrogen-bond donors (Lipinski definition) is 0. The molecule has 4 nitrogen and oxygen atoms in total. The molecule has 2 aliphatic rings. The van der Waals surface area contributed by atoms with Crippen LogP contribution in [0, 0.1) is 0 Å². The van der Waals surface area contributed by atoms with Gasteiger partial charge in [0.1, 0.15) is 23.9 Å². The first kappa shape index (κ1) is 22.9. The fourth-order valence-electron chi connectivity index (χ4n) is 3.42. The van der Waals surface area contributed by atoms with Crippen molar-refractivity contribution in [3.8, 4) is 0 Å². The summed E-state index contributed by atoms with van der Waals surface area (Å²) in [5.41, 5.74) is 0.428. The van der Waals surface area contributed by atoms with Crippen molar-refractivity contribution in [1.29, 1.82) is 0 Å². The summed E-state index contributed by atoms with van der Waals surface area (Å²) in [6.07, 6.45) is 5.21. The summed E-state index contributed by atoms with van der Waals surface area (Å²) < 4.78 is 25.6. The normalized spacial score (nSPS) is 33.5. The number of halogens is 1. The minimum absolute atomic E-state index is 0.101. The van der Waals surface area contributed by atoms with Crippen molar-refractivity contribution >= 4 is 24.2 Å². The van der Waals surface area contributed by atoms with Crippen molar-refractivity contribution in [2.45, 2.75) is 76.0 Å². The number of ether oxygens (including phenoxy) is 3. The first-order valence-corrected chi connectivity index (χ1v) is 14.0. The Labute approximate surface area is 184 Å². The van der Waals surface area contributed by atoms with Gasteiger partial charge in [0.2, 0.25) is 0 Å². The Morgan fingerprint density at radius 3 is 2.48 bits per heavy atom. The van der Waals surface area contributed by atoms with Gasteiger partial charge in [-0.25, -0.2) is 0 Å². The molecule has 160 valence electrons. The van der Waals surface area contributed by atoms with Crippen LogP contribution in [0.25, 0.3) is 0 Å². The first-order valence-electron chi connectivity index (χ1n) is 10.2. The van der Waals surface area contributed by atoms with Crippen LogP contribution in [0.5, 0.6) is 0 Å². The summed E-state index contributed by atoms with van der Waals surface area (Å²) in [5, 5.41) is 0.101. The average Bonchev–Trinajstić information content (AvgIpc) is 2.78. The molecule has 1 fully saturated rings. The van der Waals surface area contributed by atoms with Gasteiger partial charge in [0, 0.05) is 5.56 Å². The largest absolute Gasteiger partial charge is 0.405 e. The van der Waals surface area contributed by atoms with E-state index in [1.807, 2.05) is 41.4 Å². The maximum absolute atomic E-state index is 6.85. The second-order valence-electron chi connectivity index (χ2n) is 9.50. The van der Waals surface area contributed by atoms with E-state index in [4.69, 9.17) is 18.6 Å². The smallest absolute Gasteiger partial charge is 0.193 e. The SMILES string of the molecule is CC(C)(C)[Si](C)(C)O[C@]1(C)C=C[C@@H]2O[C@H](c3ccccc3)OC[C@H]2O[C@H]1/C=C\Br. The standard InChI is InChI=1S/C23H33BrO4Si/c1-22(2,3)29(5,6)28-23(4)14-12-18-19(26-20(23)13-15-24)16-25-21(27-18)17-10-8-7-9-11-17/h7-15,18-21H,16H2,1-6H3/b15-13-/t18-,19+,20-,21+,23+/m0/s1. The van der Waals surface area contributed by atoms with E-state index in [0.717, 1.165) is 5.56 Å². The van der Waals surface area contributed by atoms with E-state index in [1.54, 1.807) is 0 Å². The number of hydrogen-bond acceptors (Lipinski definition) is 4. The zero-order valence-corrected chi connectivity index (χ0v) is 20.8. The molecule has 0 amide bonds. The van der Waals surface area contributed by atoms with Crippen LogP contribution in [-0.4, -0.2) is 38.8 Å². The molecule has 3 rings (SSSR count). The van der Waals surface area contributed by atoms with E-state index in [-0.39, 0.29) is 29.6 Å². The Morgan fingerprint density at radius 1 is 1.17 bits per heavy atom. The summed E-state index contributed by atoms with van der Waals surface area (Å²) in [7, 11) is -2.03. The van der Waals surface area contributed by atoms with E-state index in [0.29, 0.717) is 6.61 Å². The van der Waals surface area contributed by atoms with E-state index < -0.39 is 13.9 Å². The van der Waals surface area contributed by atoms with Crippen molar-refractivity contribution in [1.82, 2.24) is 0 Å². The van der Waals surface area contributed by atoms with Gasteiger partial charge in [-0.2, -0.15) is 0 Å². The lowest BCUT2D eigenvalue weighted by Gasteiger charge is -2.45. The van der Waals surface area contributed by atoms with Crippen LogP contribution in [0.2, 0.25) is 18.1 Å². The molecule has 0 aromatic heterocycles. The van der Waals surface area contributed by atoms with Crippen LogP contribution in [0.15, 0.2) is 53.5 Å². The number of benzene rings is 1. The molecule has 0 saturated carbocycles. The summed E-state index contributed by atoms with van der Waals surface area (Å²) in [4.78, 5) is 1.84. The Balaban J connectivity index is 1.86. The highest BCUT2D eigenvalue weighted by Gasteiger charge is 2.48. The first-order chi connectivity index (χ1) is 13.6. The summed E-state index contributed by atoms with van der Waals surface area (Å²) >= 11 is 3.42. The van der Waals surface area contributed by atoms with Gasteiger partial charge >= 0.3 is 0 Å². The molecular formula is C23H33BrO4Si. The molecule has 0 spiro atoms. The lowest BCUT2D eigenvalue weighted by atomic mass is 9.99. The lowest BCUT2D eigenvalue weighted by molar-refractivity contribution is -0.260. The molecule has 2 heterocycles. The predicted octanol–water partition coefficient (Wildman–Crippen LogP) is 6.11. The Hall–Kier alpha value is -0.763. The molecule has 0 bridgehead atoms. The van der Waals surface area contributed by atoms with Gasteiger partial charge in [-0.3, -0.25) is 0 Å². The van der Waals surface area contributed by atoms with Crippen LogP contribution in [0.3, 0.4) is 0 Å². The van der Waals surface area contributed by atoms with E-state index in [9.17, 15) is 0 Å². The topological polar surface area (TPSA) is 36.9 Å². The minimum atomic E-state index is -2.03. The molecule has 6 heteroatoms. The average molecular weight is 482 g/mol. The van der Waals surface area contributed by atoms with E-state index >= 15 is 0 Å². The van der Waals surface area contributed by atoms with Crippen LogP contribution < -0.4 is 0 Å². The lowest BCUT2D eigenvalue weighted by Crippen LogP contribution is -2.53. The zero-order chi connectivity index (χ0) is 21.3. The molecule has 29 heavy (non-hydrogen) atoms. The van der Waals surface area contributed by atoms with Gasteiger partial charge in [-0.05, 0) is 36.1 Å². The molecule has 1 aromatic carbocycles. The van der Waals surface area contributed by atoms with Gasteiger partial charge < -0.3 is 18.6 Å². The van der Waals surface area contributed by atoms with Gasteiger partial charge in [0.05, 0.1) is 6.61 Å². The third-order valence-corrected chi connectivity index (χ3v) is 11.0. The number of fused-ring (bicyclic) bond motifs is 1. The predicted molar refractivity (Wildman–Crippen MR) is 123 cm³/mol. The molecule has 2 aliphatic heterocycles. The van der Waals surface area contributed by atoms with Crippen molar-refractivity contribution < 1.29 is 18.6 Å². The van der Waals surface area contributed by atoms with Gasteiger partial charge in [-0.1, -0.05) is 79.2 Å². The maximum atomic E-state index is 6.85. The van der Waals surface area contributed by atoms with Crippen molar-refractivity contribution in [2.24, 2.45) is 0 Å². The molecule has 1 saturated heterocycles. The molecule has 0 radical (unpaired) electrons. The third kappa shape index (κ3) is 5.11. The summed E-state index contributed by atoms with van der Waals surface area (Å²) in [6.45, 7) is 13.9. The van der Waals surface area contributed by atoms with Crippen LogP contribution in [0.4, 0.5) is 0 Å². The molecule has 5 atom stereocenters. The van der Waals surface area contributed by atoms with E-state index in [2.05, 4.69) is 68.9 Å². The van der Waals surface area contributed by atoms with Crippen molar-refractivity contribution in [2.75, 3.05) is 6.61 Å². The fraction of sp³-hybridized carbons (Fsp3) is 0.565. The second kappa shape index (κ2) is 8.77. The molecule has 0 aliphatic carbocycles. The van der Waals surface area contributed by atoms with Crippen LogP contribution >= 0.6 is 15.9 Å². The molecule has 0 unspecified atom stereocenters. The monoisotopic (exact) mass is 480 g/mol. The maximum Gasteiger partial charge on any atom is 0.193 e. The van der Waals surface area contributed by atoms with Crippen molar-refractivity contribution in [3.63, 3.8) is 0 Å². The third-order valence-electron chi connectivity index (χ3n) is 6.16. The number of rotatable bonds is 4. The molecular weight excluding hydrogens is 448 g/mol. The molecule has 0 N–H and O–H groups in total. The second-order valence-corrected chi connectivity index (χ2v) is 14.7. The van der Waals surface area contributed by atoms with Crippen molar-refractivity contribution in [3.05, 3.63) is 59.1 Å². The van der Waals surface area contributed by atoms with Gasteiger partial charge in [-0.15, -0.1) is 0 Å². The van der Waals surface area contributed by atoms with Gasteiger partial charge in [0.15, 0.2) is 14.6 Å².